The van der Waals surface area contributed by atoms with Crippen LogP contribution in [0.15, 0.2) is 60.7 Å². The van der Waals surface area contributed by atoms with Crippen LogP contribution >= 0.6 is 0 Å². The quantitative estimate of drug-likeness (QED) is 0.542. The van der Waals surface area contributed by atoms with Crippen molar-refractivity contribution in [2.75, 3.05) is 39.4 Å². The van der Waals surface area contributed by atoms with Crippen molar-refractivity contribution in [2.24, 2.45) is 0 Å². The average molecular weight is 341 g/mol. The molecule has 0 saturated heterocycles. The summed E-state index contributed by atoms with van der Waals surface area (Å²) in [5.41, 5.74) is 2.75. The van der Waals surface area contributed by atoms with Crippen molar-refractivity contribution < 1.29 is 4.74 Å². The fourth-order valence-corrected chi connectivity index (χ4v) is 2.92. The van der Waals surface area contributed by atoms with Gasteiger partial charge >= 0.3 is 0 Å². The van der Waals surface area contributed by atoms with E-state index in [1.807, 2.05) is 0 Å². The molecule has 0 N–H and O–H groups in total. The maximum absolute atomic E-state index is 5.58. The molecule has 25 heavy (non-hydrogen) atoms. The summed E-state index contributed by atoms with van der Waals surface area (Å²) in [7, 11) is 0. The van der Waals surface area contributed by atoms with Crippen LogP contribution in [0.4, 0.5) is 0 Å². The molecule has 0 bridgehead atoms. The zero-order valence-electron chi connectivity index (χ0n) is 15.7. The number of hydrogen-bond donors (Lipinski definition) is 0. The van der Waals surface area contributed by atoms with Crippen molar-refractivity contribution in [3.05, 3.63) is 71.8 Å². The summed E-state index contributed by atoms with van der Waals surface area (Å²) in [5.74, 6) is 0. The van der Waals surface area contributed by atoms with E-state index in [1.165, 1.54) is 11.1 Å². The number of likely N-dealkylation sites (N-methyl/N-ethyl adjacent to an activating group) is 1. The first-order chi connectivity index (χ1) is 12.3. The molecule has 0 aliphatic carbocycles. The molecule has 0 aromatic heterocycles. The normalized spacial score (nSPS) is 11.4. The molecular formula is C22H32N2O. The number of rotatable bonds is 12. The lowest BCUT2D eigenvalue weighted by Gasteiger charge is -2.27. The van der Waals surface area contributed by atoms with Crippen molar-refractivity contribution >= 4 is 0 Å². The lowest BCUT2D eigenvalue weighted by molar-refractivity contribution is 0.104. The van der Waals surface area contributed by atoms with Crippen LogP contribution < -0.4 is 0 Å². The van der Waals surface area contributed by atoms with E-state index in [2.05, 4.69) is 84.3 Å². The number of ether oxygens (including phenoxy) is 1. The molecule has 0 amide bonds. The molecule has 0 heterocycles. The van der Waals surface area contributed by atoms with Crippen LogP contribution in [-0.2, 0) is 17.8 Å². The first-order valence-electron chi connectivity index (χ1n) is 9.42. The Bertz CT molecular complexity index is 559. The second-order valence-corrected chi connectivity index (χ2v) is 6.31. The number of benzene rings is 2. The van der Waals surface area contributed by atoms with Crippen molar-refractivity contribution in [3.8, 4) is 0 Å². The van der Waals surface area contributed by atoms with Gasteiger partial charge in [-0.05, 0) is 24.6 Å². The van der Waals surface area contributed by atoms with E-state index in [4.69, 9.17) is 4.74 Å². The molecule has 0 fully saturated rings. The second kappa shape index (κ2) is 11.8. The minimum absolute atomic E-state index is 0.786. The van der Waals surface area contributed by atoms with E-state index >= 15 is 0 Å². The highest BCUT2D eigenvalue weighted by molar-refractivity contribution is 5.15. The Hall–Kier alpha value is -1.68. The third-order valence-electron chi connectivity index (χ3n) is 4.43. The van der Waals surface area contributed by atoms with Gasteiger partial charge in [-0.25, -0.2) is 0 Å². The minimum Gasteiger partial charge on any atom is -0.380 e. The zero-order chi connectivity index (χ0) is 17.7. The van der Waals surface area contributed by atoms with Crippen LogP contribution in [0.1, 0.15) is 25.0 Å². The summed E-state index contributed by atoms with van der Waals surface area (Å²) in [6.45, 7) is 12.1. The largest absolute Gasteiger partial charge is 0.380 e. The SMILES string of the molecule is CCOCCN(CCN(CC)Cc1ccccc1)Cc1ccccc1. The Balaban J connectivity index is 1.87. The van der Waals surface area contributed by atoms with Gasteiger partial charge in [-0.1, -0.05) is 67.6 Å². The predicted octanol–water partition coefficient (Wildman–Crippen LogP) is 4.05. The van der Waals surface area contributed by atoms with Gasteiger partial charge in [-0.2, -0.15) is 0 Å². The molecule has 0 aliphatic heterocycles. The highest BCUT2D eigenvalue weighted by atomic mass is 16.5. The Labute approximate surface area is 153 Å². The van der Waals surface area contributed by atoms with E-state index in [1.54, 1.807) is 0 Å². The molecule has 2 rings (SSSR count). The second-order valence-electron chi connectivity index (χ2n) is 6.31. The molecule has 0 unspecified atom stereocenters. The van der Waals surface area contributed by atoms with Gasteiger partial charge in [-0.3, -0.25) is 9.80 Å². The van der Waals surface area contributed by atoms with Gasteiger partial charge in [0.25, 0.3) is 0 Å². The fourth-order valence-electron chi connectivity index (χ4n) is 2.92. The van der Waals surface area contributed by atoms with Crippen LogP contribution in [0.5, 0.6) is 0 Å². The monoisotopic (exact) mass is 340 g/mol. The molecule has 2 aromatic carbocycles. The summed E-state index contributed by atoms with van der Waals surface area (Å²) in [5, 5.41) is 0. The molecule has 3 heteroatoms. The molecule has 136 valence electrons. The van der Waals surface area contributed by atoms with Crippen LogP contribution in [0.2, 0.25) is 0 Å². The van der Waals surface area contributed by atoms with Crippen LogP contribution in [0.3, 0.4) is 0 Å². The summed E-state index contributed by atoms with van der Waals surface area (Å²) in [4.78, 5) is 5.01. The zero-order valence-corrected chi connectivity index (χ0v) is 15.7. The molecule has 2 aromatic rings. The van der Waals surface area contributed by atoms with Gasteiger partial charge in [0.2, 0.25) is 0 Å². The fraction of sp³-hybridized carbons (Fsp3) is 0.455. The van der Waals surface area contributed by atoms with Crippen LogP contribution in [-0.4, -0.2) is 49.2 Å². The maximum atomic E-state index is 5.58. The van der Waals surface area contributed by atoms with E-state index in [-0.39, 0.29) is 0 Å². The van der Waals surface area contributed by atoms with Crippen LogP contribution in [0, 0.1) is 0 Å². The van der Waals surface area contributed by atoms with Crippen LogP contribution in [0.25, 0.3) is 0 Å². The maximum Gasteiger partial charge on any atom is 0.0593 e. The standard InChI is InChI=1S/C22H32N2O/c1-3-23(19-21-11-7-5-8-12-21)15-16-24(17-18-25-4-2)20-22-13-9-6-10-14-22/h5-14H,3-4,15-20H2,1-2H3. The molecule has 0 atom stereocenters. The topological polar surface area (TPSA) is 15.7 Å². The first kappa shape index (κ1) is 19.6. The summed E-state index contributed by atoms with van der Waals surface area (Å²) in [6, 6.07) is 21.4. The van der Waals surface area contributed by atoms with Gasteiger partial charge in [0.1, 0.15) is 0 Å². The smallest absolute Gasteiger partial charge is 0.0593 e. The predicted molar refractivity (Wildman–Crippen MR) is 106 cm³/mol. The van der Waals surface area contributed by atoms with Gasteiger partial charge < -0.3 is 4.74 Å². The van der Waals surface area contributed by atoms with Gasteiger partial charge in [-0.15, -0.1) is 0 Å². The molecule has 0 aliphatic rings. The first-order valence-corrected chi connectivity index (χ1v) is 9.42. The molecular weight excluding hydrogens is 308 g/mol. The highest BCUT2D eigenvalue weighted by Crippen LogP contribution is 2.07. The summed E-state index contributed by atoms with van der Waals surface area (Å²) < 4.78 is 5.58. The van der Waals surface area contributed by atoms with Gasteiger partial charge in [0, 0.05) is 39.3 Å². The third-order valence-corrected chi connectivity index (χ3v) is 4.43. The average Bonchev–Trinajstić information content (AvgIpc) is 2.66. The minimum atomic E-state index is 0.786. The highest BCUT2D eigenvalue weighted by Gasteiger charge is 2.09. The van der Waals surface area contributed by atoms with E-state index in [0.29, 0.717) is 0 Å². The lowest BCUT2D eigenvalue weighted by Crippen LogP contribution is -2.36. The van der Waals surface area contributed by atoms with E-state index in [9.17, 15) is 0 Å². The summed E-state index contributed by atoms with van der Waals surface area (Å²) >= 11 is 0. The molecule has 3 nitrogen and oxygen atoms in total. The van der Waals surface area contributed by atoms with Gasteiger partial charge in [0.05, 0.1) is 6.61 Å². The molecule has 0 spiro atoms. The lowest BCUT2D eigenvalue weighted by atomic mass is 10.2. The van der Waals surface area contributed by atoms with Crippen molar-refractivity contribution in [3.63, 3.8) is 0 Å². The third kappa shape index (κ3) is 7.82. The number of hydrogen-bond acceptors (Lipinski definition) is 3. The van der Waals surface area contributed by atoms with Crippen molar-refractivity contribution in [1.29, 1.82) is 0 Å². The van der Waals surface area contributed by atoms with Crippen molar-refractivity contribution in [1.82, 2.24) is 9.80 Å². The number of nitrogens with zero attached hydrogens (tertiary/aromatic N) is 2. The van der Waals surface area contributed by atoms with Gasteiger partial charge in [0.15, 0.2) is 0 Å². The molecule has 0 saturated carbocycles. The Kier molecular flexibility index (Phi) is 9.27. The van der Waals surface area contributed by atoms with E-state index < -0.39 is 0 Å². The van der Waals surface area contributed by atoms with E-state index in [0.717, 1.165) is 52.5 Å². The summed E-state index contributed by atoms with van der Waals surface area (Å²) in [6.07, 6.45) is 0. The Morgan fingerprint density at radius 1 is 0.680 bits per heavy atom. The Morgan fingerprint density at radius 3 is 1.72 bits per heavy atom. The Morgan fingerprint density at radius 2 is 1.20 bits per heavy atom. The van der Waals surface area contributed by atoms with Crippen molar-refractivity contribution in [2.45, 2.75) is 26.9 Å². The molecule has 0 radical (unpaired) electrons.